The fraction of sp³-hybridized carbons (Fsp3) is 0.692. The van der Waals surface area contributed by atoms with Crippen molar-refractivity contribution in [2.45, 2.75) is 44.3 Å². The molecule has 1 aliphatic carbocycles. The summed E-state index contributed by atoms with van der Waals surface area (Å²) in [7, 11) is 1.60. The van der Waals surface area contributed by atoms with Crippen molar-refractivity contribution >= 4 is 21.6 Å². The quantitative estimate of drug-likeness (QED) is 0.842. The lowest BCUT2D eigenvalue weighted by molar-refractivity contribution is 0.181. The van der Waals surface area contributed by atoms with Gasteiger partial charge in [0.2, 0.25) is 0 Å². The van der Waals surface area contributed by atoms with E-state index < -0.39 is 0 Å². The van der Waals surface area contributed by atoms with Crippen molar-refractivity contribution in [1.82, 2.24) is 9.78 Å². The zero-order chi connectivity index (χ0) is 14.5. The van der Waals surface area contributed by atoms with Crippen LogP contribution in [0.4, 0.5) is 5.69 Å². The smallest absolute Gasteiger partial charge is 0.283 e. The van der Waals surface area contributed by atoms with E-state index in [0.29, 0.717) is 23.3 Å². The molecule has 2 rings (SSSR count). The Labute approximate surface area is 126 Å². The first kappa shape index (κ1) is 15.5. The third kappa shape index (κ3) is 3.59. The summed E-state index contributed by atoms with van der Waals surface area (Å²) in [5.41, 5.74) is 6.67. The van der Waals surface area contributed by atoms with E-state index in [9.17, 15) is 4.79 Å². The minimum Gasteiger partial charge on any atom is -0.383 e. The molecule has 7 heteroatoms. The summed E-state index contributed by atoms with van der Waals surface area (Å²) in [6, 6.07) is 0.336. The molecule has 6 nitrogen and oxygen atoms in total. The van der Waals surface area contributed by atoms with Gasteiger partial charge < -0.3 is 15.8 Å². The zero-order valence-corrected chi connectivity index (χ0v) is 13.2. The molecule has 3 N–H and O–H groups in total. The van der Waals surface area contributed by atoms with Crippen LogP contribution in [0.15, 0.2) is 15.5 Å². The SMILES string of the molecule is COCCn1ncc(NC2CCCCC2N)c(Br)c1=O. The molecule has 1 aromatic rings. The maximum absolute atomic E-state index is 12.1. The summed E-state index contributed by atoms with van der Waals surface area (Å²) >= 11 is 3.35. The first-order valence-electron chi connectivity index (χ1n) is 6.90. The minimum absolute atomic E-state index is 0.131. The van der Waals surface area contributed by atoms with Crippen molar-refractivity contribution in [3.63, 3.8) is 0 Å². The first-order valence-corrected chi connectivity index (χ1v) is 7.69. The number of nitrogens with zero attached hydrogens (tertiary/aromatic N) is 2. The van der Waals surface area contributed by atoms with E-state index in [0.717, 1.165) is 12.8 Å². The third-order valence-electron chi connectivity index (χ3n) is 3.65. The summed E-state index contributed by atoms with van der Waals surface area (Å²) < 4.78 is 6.85. The van der Waals surface area contributed by atoms with Gasteiger partial charge in [0.1, 0.15) is 4.47 Å². The summed E-state index contributed by atoms with van der Waals surface area (Å²) in [5, 5.41) is 7.50. The fourth-order valence-electron chi connectivity index (χ4n) is 2.44. The predicted octanol–water partition coefficient (Wildman–Crippen LogP) is 1.33. The maximum Gasteiger partial charge on any atom is 0.283 e. The van der Waals surface area contributed by atoms with E-state index in [1.165, 1.54) is 17.5 Å². The average Bonchev–Trinajstić information content (AvgIpc) is 2.45. The Hall–Kier alpha value is -0.920. The van der Waals surface area contributed by atoms with Crippen LogP contribution in [0, 0.1) is 0 Å². The van der Waals surface area contributed by atoms with Crippen LogP contribution in [0.25, 0.3) is 0 Å². The predicted molar refractivity (Wildman–Crippen MR) is 81.9 cm³/mol. The molecule has 0 aliphatic heterocycles. The van der Waals surface area contributed by atoms with Gasteiger partial charge in [-0.2, -0.15) is 5.10 Å². The van der Waals surface area contributed by atoms with E-state index in [4.69, 9.17) is 10.5 Å². The summed E-state index contributed by atoms with van der Waals surface area (Å²) in [6.07, 6.45) is 6.06. The van der Waals surface area contributed by atoms with Gasteiger partial charge in [-0.3, -0.25) is 4.79 Å². The second-order valence-electron chi connectivity index (χ2n) is 5.09. The molecule has 112 valence electrons. The highest BCUT2D eigenvalue weighted by Crippen LogP contribution is 2.23. The van der Waals surface area contributed by atoms with Crippen molar-refractivity contribution in [1.29, 1.82) is 0 Å². The van der Waals surface area contributed by atoms with Gasteiger partial charge in [0, 0.05) is 19.2 Å². The highest BCUT2D eigenvalue weighted by atomic mass is 79.9. The Kier molecular flexibility index (Phi) is 5.56. The maximum atomic E-state index is 12.1. The molecule has 20 heavy (non-hydrogen) atoms. The molecule has 0 amide bonds. The lowest BCUT2D eigenvalue weighted by atomic mass is 9.91. The van der Waals surface area contributed by atoms with Gasteiger partial charge in [-0.1, -0.05) is 12.8 Å². The molecule has 0 aromatic carbocycles. The number of rotatable bonds is 5. The second kappa shape index (κ2) is 7.19. The fourth-order valence-corrected chi connectivity index (χ4v) is 2.86. The molecule has 1 fully saturated rings. The topological polar surface area (TPSA) is 82.2 Å². The molecule has 1 aromatic heterocycles. The van der Waals surface area contributed by atoms with Crippen molar-refractivity contribution in [2.75, 3.05) is 19.0 Å². The molecule has 0 radical (unpaired) electrons. The van der Waals surface area contributed by atoms with Crippen LogP contribution in [0.5, 0.6) is 0 Å². The molecule has 2 unspecified atom stereocenters. The van der Waals surface area contributed by atoms with Crippen LogP contribution in [0.2, 0.25) is 0 Å². The van der Waals surface area contributed by atoms with E-state index in [1.807, 2.05) is 0 Å². The molecule has 1 saturated carbocycles. The summed E-state index contributed by atoms with van der Waals surface area (Å²) in [5.74, 6) is 0. The molecule has 1 aliphatic rings. The first-order chi connectivity index (χ1) is 9.63. The molecule has 0 bridgehead atoms. The van der Waals surface area contributed by atoms with Gasteiger partial charge in [-0.05, 0) is 28.8 Å². The number of hydrogen-bond acceptors (Lipinski definition) is 5. The van der Waals surface area contributed by atoms with E-state index in [2.05, 4.69) is 26.3 Å². The molecular formula is C13H21BrN4O2. The normalized spacial score (nSPS) is 22.8. The Morgan fingerprint density at radius 1 is 1.55 bits per heavy atom. The van der Waals surface area contributed by atoms with Crippen LogP contribution in [0.3, 0.4) is 0 Å². The lowest BCUT2D eigenvalue weighted by Gasteiger charge is -2.30. The molecule has 0 saturated heterocycles. The highest BCUT2D eigenvalue weighted by molar-refractivity contribution is 9.10. The van der Waals surface area contributed by atoms with Crippen molar-refractivity contribution in [3.05, 3.63) is 21.0 Å². The minimum atomic E-state index is -0.156. The summed E-state index contributed by atoms with van der Waals surface area (Å²) in [6.45, 7) is 0.900. The van der Waals surface area contributed by atoms with E-state index in [1.54, 1.807) is 13.3 Å². The van der Waals surface area contributed by atoms with E-state index in [-0.39, 0.29) is 17.6 Å². The van der Waals surface area contributed by atoms with Gasteiger partial charge >= 0.3 is 0 Å². The van der Waals surface area contributed by atoms with Crippen LogP contribution in [-0.2, 0) is 11.3 Å². The van der Waals surface area contributed by atoms with Crippen LogP contribution in [0.1, 0.15) is 25.7 Å². The summed E-state index contributed by atoms with van der Waals surface area (Å²) in [4.78, 5) is 12.1. The average molecular weight is 345 g/mol. The number of ether oxygens (including phenoxy) is 1. The number of methoxy groups -OCH3 is 1. The van der Waals surface area contributed by atoms with Crippen molar-refractivity contribution < 1.29 is 4.74 Å². The zero-order valence-electron chi connectivity index (χ0n) is 11.6. The molecule has 0 spiro atoms. The monoisotopic (exact) mass is 344 g/mol. The number of halogens is 1. The standard InChI is InChI=1S/C13H21BrN4O2/c1-20-7-6-18-13(19)12(14)11(8-16-18)17-10-5-3-2-4-9(10)15/h8-10,17H,2-7,15H2,1H3. The Balaban J connectivity index is 2.12. The van der Waals surface area contributed by atoms with Gasteiger partial charge in [0.25, 0.3) is 5.56 Å². The largest absolute Gasteiger partial charge is 0.383 e. The van der Waals surface area contributed by atoms with Crippen LogP contribution >= 0.6 is 15.9 Å². The van der Waals surface area contributed by atoms with Gasteiger partial charge in [0.15, 0.2) is 0 Å². The third-order valence-corrected chi connectivity index (χ3v) is 4.42. The van der Waals surface area contributed by atoms with Gasteiger partial charge in [-0.25, -0.2) is 4.68 Å². The second-order valence-corrected chi connectivity index (χ2v) is 5.89. The molecular weight excluding hydrogens is 324 g/mol. The van der Waals surface area contributed by atoms with Gasteiger partial charge in [-0.15, -0.1) is 0 Å². The van der Waals surface area contributed by atoms with E-state index >= 15 is 0 Å². The Morgan fingerprint density at radius 3 is 3.00 bits per heavy atom. The number of anilines is 1. The lowest BCUT2D eigenvalue weighted by Crippen LogP contribution is -2.43. The molecule has 2 atom stereocenters. The number of nitrogens with two attached hydrogens (primary N) is 1. The Bertz CT molecular complexity index is 506. The van der Waals surface area contributed by atoms with Crippen molar-refractivity contribution in [2.24, 2.45) is 5.73 Å². The molecule has 1 heterocycles. The van der Waals surface area contributed by atoms with Crippen LogP contribution < -0.4 is 16.6 Å². The highest BCUT2D eigenvalue weighted by Gasteiger charge is 2.22. The van der Waals surface area contributed by atoms with Gasteiger partial charge in [0.05, 0.1) is 25.0 Å². The number of aromatic nitrogens is 2. The Morgan fingerprint density at radius 2 is 2.30 bits per heavy atom. The van der Waals surface area contributed by atoms with Crippen molar-refractivity contribution in [3.8, 4) is 0 Å². The number of nitrogens with one attached hydrogen (secondary N) is 1. The number of hydrogen-bond donors (Lipinski definition) is 2. The van der Waals surface area contributed by atoms with Crippen LogP contribution in [-0.4, -0.2) is 35.6 Å².